The highest BCUT2D eigenvalue weighted by Gasteiger charge is 2.18. The van der Waals surface area contributed by atoms with E-state index in [0.717, 1.165) is 11.1 Å². The summed E-state index contributed by atoms with van der Waals surface area (Å²) < 4.78 is 12.9. The Morgan fingerprint density at radius 2 is 1.76 bits per heavy atom. The van der Waals surface area contributed by atoms with Gasteiger partial charge < -0.3 is 19.1 Å². The normalized spacial score (nSPS) is 11.1. The number of azo groups is 1. The minimum atomic E-state index is -0.589. The molecule has 0 spiro atoms. The van der Waals surface area contributed by atoms with Gasteiger partial charge in [-0.2, -0.15) is 0 Å². The molecule has 0 fully saturated rings. The van der Waals surface area contributed by atoms with Crippen molar-refractivity contribution in [2.75, 3.05) is 13.2 Å². The summed E-state index contributed by atoms with van der Waals surface area (Å²) in [7, 11) is 0. The van der Waals surface area contributed by atoms with Crippen LogP contribution in [0.15, 0.2) is 95.7 Å². The van der Waals surface area contributed by atoms with Crippen LogP contribution >= 0.6 is 11.6 Å². The molecule has 0 aliphatic rings. The Bertz CT molecular complexity index is 1350. The predicted octanol–water partition coefficient (Wildman–Crippen LogP) is 6.30. The van der Waals surface area contributed by atoms with Crippen molar-refractivity contribution in [3.63, 3.8) is 0 Å². The first-order valence-corrected chi connectivity index (χ1v) is 10.9. The lowest BCUT2D eigenvalue weighted by Crippen LogP contribution is -2.07. The minimum absolute atomic E-state index is 0.102. The number of hydrogen-bond acceptors (Lipinski definition) is 5. The molecule has 0 atom stereocenters. The summed E-state index contributed by atoms with van der Waals surface area (Å²) in [4.78, 5) is 12.2. The van der Waals surface area contributed by atoms with Crippen LogP contribution in [0, 0.1) is 0 Å². The summed E-state index contributed by atoms with van der Waals surface area (Å²) in [5.41, 5.74) is 1.83. The van der Waals surface area contributed by atoms with E-state index in [9.17, 15) is 9.90 Å². The molecule has 0 bridgehead atoms. The van der Waals surface area contributed by atoms with Crippen LogP contribution in [-0.2, 0) is 11.3 Å². The number of fused-ring (bicyclic) bond motifs is 1. The van der Waals surface area contributed by atoms with Crippen LogP contribution in [-0.4, -0.2) is 28.8 Å². The van der Waals surface area contributed by atoms with Crippen molar-refractivity contribution in [1.29, 1.82) is 0 Å². The Morgan fingerprint density at radius 3 is 2.56 bits per heavy atom. The molecule has 1 N–H and O–H groups in total. The van der Waals surface area contributed by atoms with Crippen molar-refractivity contribution in [3.05, 3.63) is 96.0 Å². The summed E-state index contributed by atoms with van der Waals surface area (Å²) in [6.07, 6.45) is 1.67. The molecule has 4 aromatic rings. The smallest absolute Gasteiger partial charge is 0.302 e. The Balaban J connectivity index is 1.57. The van der Waals surface area contributed by atoms with Gasteiger partial charge in [0, 0.05) is 16.0 Å². The van der Waals surface area contributed by atoms with E-state index in [1.165, 1.54) is 0 Å². The third-order valence-electron chi connectivity index (χ3n) is 5.01. The number of rotatable bonds is 9. The number of amides is 1. The molecule has 0 aliphatic heterocycles. The number of ether oxygens (including phenoxy) is 2. The molecule has 0 unspecified atom stereocenters. The molecule has 1 heterocycles. The summed E-state index contributed by atoms with van der Waals surface area (Å²) >= 11 is 5.85. The van der Waals surface area contributed by atoms with Crippen LogP contribution in [0.2, 0.25) is 5.02 Å². The Labute approximate surface area is 201 Å². The van der Waals surface area contributed by atoms with Crippen LogP contribution in [0.1, 0.15) is 5.56 Å². The lowest BCUT2D eigenvalue weighted by Gasteiger charge is -2.12. The molecule has 172 valence electrons. The van der Waals surface area contributed by atoms with Gasteiger partial charge in [-0.3, -0.25) is 4.79 Å². The molecule has 0 saturated carbocycles. The molecule has 7 nitrogen and oxygen atoms in total. The van der Waals surface area contributed by atoms with Gasteiger partial charge in [-0.15, -0.1) is 10.2 Å². The molecular formula is C26H22ClN3O4. The number of nitrogens with zero attached hydrogens (tertiary/aromatic N) is 3. The molecule has 4 rings (SSSR count). The molecule has 0 radical (unpaired) electrons. The second kappa shape index (κ2) is 10.7. The lowest BCUT2D eigenvalue weighted by molar-refractivity contribution is -0.120. The first kappa shape index (κ1) is 23.1. The van der Waals surface area contributed by atoms with Gasteiger partial charge in [-0.25, -0.2) is 0 Å². The lowest BCUT2D eigenvalue weighted by atomic mass is 10.2. The quantitative estimate of drug-likeness (QED) is 0.227. The van der Waals surface area contributed by atoms with E-state index in [2.05, 4.69) is 16.8 Å². The molecular weight excluding hydrogens is 454 g/mol. The summed E-state index contributed by atoms with van der Waals surface area (Å²) in [5.74, 6) is 0.492. The van der Waals surface area contributed by atoms with Crippen molar-refractivity contribution in [1.82, 2.24) is 4.57 Å². The number of carbonyl (C=O) groups is 1. The maximum atomic E-state index is 12.2. The summed E-state index contributed by atoms with van der Waals surface area (Å²) in [6, 6.07) is 21.6. The van der Waals surface area contributed by atoms with Gasteiger partial charge in [-0.1, -0.05) is 60.7 Å². The van der Waals surface area contributed by atoms with E-state index in [1.807, 2.05) is 48.5 Å². The zero-order chi connectivity index (χ0) is 23.9. The zero-order valence-corrected chi connectivity index (χ0v) is 19.0. The fourth-order valence-electron chi connectivity index (χ4n) is 3.44. The molecule has 1 amide bonds. The van der Waals surface area contributed by atoms with E-state index in [1.54, 1.807) is 34.9 Å². The number of aromatic hydroxyl groups is 1. The average Bonchev–Trinajstić information content (AvgIpc) is 3.12. The SMILES string of the molecule is C=CCOc1ccccc1Cn1c(O)c(N=NC(=O)COc2ccc(Cl)cc2)c2ccccc21. The second-order valence-corrected chi connectivity index (χ2v) is 7.76. The van der Waals surface area contributed by atoms with Crippen LogP contribution in [0.25, 0.3) is 10.9 Å². The van der Waals surface area contributed by atoms with Gasteiger partial charge >= 0.3 is 5.91 Å². The largest absolute Gasteiger partial charge is 0.493 e. The van der Waals surface area contributed by atoms with Crippen molar-refractivity contribution in [2.24, 2.45) is 10.2 Å². The van der Waals surface area contributed by atoms with Gasteiger partial charge in [0.25, 0.3) is 0 Å². The first-order valence-electron chi connectivity index (χ1n) is 10.5. The molecule has 34 heavy (non-hydrogen) atoms. The monoisotopic (exact) mass is 475 g/mol. The Morgan fingerprint density at radius 1 is 1.03 bits per heavy atom. The molecule has 0 aliphatic carbocycles. The third kappa shape index (κ3) is 5.27. The van der Waals surface area contributed by atoms with Gasteiger partial charge in [0.2, 0.25) is 5.88 Å². The van der Waals surface area contributed by atoms with E-state index < -0.39 is 5.91 Å². The zero-order valence-electron chi connectivity index (χ0n) is 18.2. The van der Waals surface area contributed by atoms with Crippen molar-refractivity contribution in [2.45, 2.75) is 6.54 Å². The second-order valence-electron chi connectivity index (χ2n) is 7.32. The van der Waals surface area contributed by atoms with Gasteiger partial charge in [0.1, 0.15) is 18.1 Å². The predicted molar refractivity (Wildman–Crippen MR) is 131 cm³/mol. The van der Waals surface area contributed by atoms with Crippen LogP contribution in [0.3, 0.4) is 0 Å². The first-order chi connectivity index (χ1) is 16.6. The Hall–Kier alpha value is -4.10. The molecule has 1 aromatic heterocycles. The highest BCUT2D eigenvalue weighted by molar-refractivity contribution is 6.30. The topological polar surface area (TPSA) is 85.4 Å². The third-order valence-corrected chi connectivity index (χ3v) is 5.26. The number of aromatic nitrogens is 1. The molecule has 3 aromatic carbocycles. The number of benzene rings is 3. The van der Waals surface area contributed by atoms with Gasteiger partial charge in [-0.05, 0) is 36.4 Å². The minimum Gasteiger partial charge on any atom is -0.493 e. The highest BCUT2D eigenvalue weighted by atomic mass is 35.5. The number of carbonyl (C=O) groups excluding carboxylic acids is 1. The fraction of sp³-hybridized carbons (Fsp3) is 0.115. The molecule has 8 heteroatoms. The van der Waals surface area contributed by atoms with E-state index in [4.69, 9.17) is 21.1 Å². The fourth-order valence-corrected chi connectivity index (χ4v) is 3.56. The number of para-hydroxylation sites is 2. The van der Waals surface area contributed by atoms with Gasteiger partial charge in [0.15, 0.2) is 12.3 Å². The van der Waals surface area contributed by atoms with Gasteiger partial charge in [0.05, 0.1) is 12.1 Å². The number of halogens is 1. The van der Waals surface area contributed by atoms with E-state index in [-0.39, 0.29) is 18.2 Å². The number of hydrogen-bond donors (Lipinski definition) is 1. The summed E-state index contributed by atoms with van der Waals surface area (Å²) in [5, 5.41) is 20.0. The standard InChI is InChI=1S/C26H22ClN3O4/c1-2-15-33-23-10-6-3-7-18(23)16-30-22-9-5-4-8-21(22)25(26(30)32)29-28-24(31)17-34-20-13-11-19(27)12-14-20/h2-14,32H,1,15-17H2. The van der Waals surface area contributed by atoms with Crippen molar-refractivity contribution >= 4 is 34.1 Å². The summed E-state index contributed by atoms with van der Waals surface area (Å²) in [6.45, 7) is 4.09. The maximum Gasteiger partial charge on any atom is 0.302 e. The van der Waals surface area contributed by atoms with Crippen LogP contribution in [0.5, 0.6) is 17.4 Å². The highest BCUT2D eigenvalue weighted by Crippen LogP contribution is 2.39. The van der Waals surface area contributed by atoms with Crippen LogP contribution < -0.4 is 9.47 Å². The molecule has 0 saturated heterocycles. The maximum absolute atomic E-state index is 12.2. The Kier molecular flexibility index (Phi) is 7.25. The van der Waals surface area contributed by atoms with E-state index >= 15 is 0 Å². The van der Waals surface area contributed by atoms with Crippen LogP contribution in [0.4, 0.5) is 5.69 Å². The van der Waals surface area contributed by atoms with E-state index in [0.29, 0.717) is 35.1 Å². The average molecular weight is 476 g/mol. The van der Waals surface area contributed by atoms with Crippen molar-refractivity contribution < 1.29 is 19.4 Å². The van der Waals surface area contributed by atoms with Crippen molar-refractivity contribution in [3.8, 4) is 17.4 Å².